The van der Waals surface area contributed by atoms with Crippen LogP contribution in [0.15, 0.2) is 10.5 Å². The molecule has 1 aromatic rings. The lowest BCUT2D eigenvalue weighted by molar-refractivity contribution is -0.133. The molecular formula is C10H12F3NO3. The summed E-state index contributed by atoms with van der Waals surface area (Å²) < 4.78 is 40.5. The number of halogens is 3. The van der Waals surface area contributed by atoms with Gasteiger partial charge in [-0.2, -0.15) is 13.2 Å². The number of carboxylic acids is 1. The van der Waals surface area contributed by atoms with Crippen LogP contribution in [-0.4, -0.2) is 23.8 Å². The summed E-state index contributed by atoms with van der Waals surface area (Å²) in [5.41, 5.74) is 0.0256. The number of carboxylic acid groups (broad SMARTS) is 1. The van der Waals surface area contributed by atoms with Gasteiger partial charge in [-0.25, -0.2) is 4.79 Å². The van der Waals surface area contributed by atoms with Gasteiger partial charge in [0.05, 0.1) is 13.0 Å². The lowest BCUT2D eigenvalue weighted by Crippen LogP contribution is -2.21. The zero-order valence-corrected chi connectivity index (χ0v) is 9.10. The molecule has 17 heavy (non-hydrogen) atoms. The van der Waals surface area contributed by atoms with E-state index in [0.717, 1.165) is 0 Å². The van der Waals surface area contributed by atoms with Crippen LogP contribution in [0.2, 0.25) is 0 Å². The van der Waals surface area contributed by atoms with Crippen LogP contribution in [0.5, 0.6) is 0 Å². The summed E-state index contributed by atoms with van der Waals surface area (Å²) in [6, 6.07) is 1.30. The Morgan fingerprint density at radius 1 is 1.53 bits per heavy atom. The summed E-state index contributed by atoms with van der Waals surface area (Å²) in [6.07, 6.45) is -5.13. The Balaban J connectivity index is 2.43. The molecule has 0 aliphatic heterocycles. The topological polar surface area (TPSA) is 62.5 Å². The maximum Gasteiger partial charge on any atom is 0.390 e. The number of aryl methyl sites for hydroxylation is 1. The van der Waals surface area contributed by atoms with Crippen molar-refractivity contribution in [3.05, 3.63) is 23.2 Å². The molecule has 96 valence electrons. The van der Waals surface area contributed by atoms with E-state index >= 15 is 0 Å². The van der Waals surface area contributed by atoms with Gasteiger partial charge in [-0.15, -0.1) is 0 Å². The molecule has 0 radical (unpaired) electrons. The number of rotatable bonds is 5. The summed E-state index contributed by atoms with van der Waals surface area (Å²) in [4.78, 5) is 10.7. The second-order valence-corrected chi connectivity index (χ2v) is 3.53. The Bertz CT molecular complexity index is 398. The fraction of sp³-hybridized carbons (Fsp3) is 0.500. The van der Waals surface area contributed by atoms with E-state index in [1.165, 1.54) is 13.0 Å². The first-order valence-corrected chi connectivity index (χ1v) is 4.89. The third-order valence-corrected chi connectivity index (χ3v) is 2.08. The van der Waals surface area contributed by atoms with Gasteiger partial charge in [0.2, 0.25) is 0 Å². The van der Waals surface area contributed by atoms with E-state index < -0.39 is 18.6 Å². The van der Waals surface area contributed by atoms with E-state index in [9.17, 15) is 18.0 Å². The van der Waals surface area contributed by atoms with Crippen molar-refractivity contribution in [3.63, 3.8) is 0 Å². The predicted octanol–water partition coefficient (Wildman–Crippen LogP) is 2.33. The van der Waals surface area contributed by atoms with Crippen molar-refractivity contribution in [1.29, 1.82) is 0 Å². The van der Waals surface area contributed by atoms with Crippen molar-refractivity contribution >= 4 is 5.97 Å². The smallest absolute Gasteiger partial charge is 0.390 e. The molecule has 2 N–H and O–H groups in total. The highest BCUT2D eigenvalue weighted by Gasteiger charge is 2.26. The quantitative estimate of drug-likeness (QED) is 0.788. The van der Waals surface area contributed by atoms with Gasteiger partial charge in [0.1, 0.15) is 17.1 Å². The molecule has 0 saturated carbocycles. The van der Waals surface area contributed by atoms with Crippen molar-refractivity contribution in [1.82, 2.24) is 5.32 Å². The van der Waals surface area contributed by atoms with Gasteiger partial charge in [0.15, 0.2) is 0 Å². The molecule has 0 fully saturated rings. The van der Waals surface area contributed by atoms with E-state index in [1.807, 2.05) is 0 Å². The highest BCUT2D eigenvalue weighted by atomic mass is 19.4. The minimum absolute atomic E-state index is 0.0256. The Labute approximate surface area is 95.4 Å². The molecule has 0 aliphatic rings. The van der Waals surface area contributed by atoms with E-state index in [4.69, 9.17) is 9.52 Å². The minimum atomic E-state index is -4.20. The fourth-order valence-corrected chi connectivity index (χ4v) is 1.28. The second-order valence-electron chi connectivity index (χ2n) is 3.53. The van der Waals surface area contributed by atoms with Crippen molar-refractivity contribution in [3.8, 4) is 0 Å². The Hall–Kier alpha value is -1.50. The van der Waals surface area contributed by atoms with E-state index in [1.54, 1.807) is 0 Å². The Morgan fingerprint density at radius 2 is 2.18 bits per heavy atom. The maximum atomic E-state index is 11.8. The molecule has 0 unspecified atom stereocenters. The summed E-state index contributed by atoms with van der Waals surface area (Å²) >= 11 is 0. The number of hydrogen-bond acceptors (Lipinski definition) is 3. The fourth-order valence-electron chi connectivity index (χ4n) is 1.28. The average Bonchev–Trinajstić information content (AvgIpc) is 2.53. The van der Waals surface area contributed by atoms with Crippen LogP contribution in [0.25, 0.3) is 0 Å². The van der Waals surface area contributed by atoms with Crippen LogP contribution < -0.4 is 5.32 Å². The van der Waals surface area contributed by atoms with Crippen LogP contribution in [0.3, 0.4) is 0 Å². The molecule has 0 bridgehead atoms. The van der Waals surface area contributed by atoms with Crippen LogP contribution in [0, 0.1) is 6.92 Å². The van der Waals surface area contributed by atoms with Gasteiger partial charge >= 0.3 is 12.1 Å². The zero-order chi connectivity index (χ0) is 13.1. The van der Waals surface area contributed by atoms with E-state index in [0.29, 0.717) is 5.76 Å². The van der Waals surface area contributed by atoms with Crippen LogP contribution in [0.4, 0.5) is 13.2 Å². The maximum absolute atomic E-state index is 11.8. The van der Waals surface area contributed by atoms with Crippen LogP contribution >= 0.6 is 0 Å². The molecule has 0 aliphatic carbocycles. The number of nitrogens with one attached hydrogen (secondary N) is 1. The molecule has 0 amide bonds. The van der Waals surface area contributed by atoms with Gasteiger partial charge in [0.25, 0.3) is 0 Å². The summed E-state index contributed by atoms with van der Waals surface area (Å²) in [5.74, 6) is -0.569. The number of alkyl halides is 3. The monoisotopic (exact) mass is 251 g/mol. The third-order valence-electron chi connectivity index (χ3n) is 2.08. The zero-order valence-electron chi connectivity index (χ0n) is 9.10. The summed E-state index contributed by atoms with van der Waals surface area (Å²) in [7, 11) is 0. The molecule has 1 heterocycles. The van der Waals surface area contributed by atoms with Crippen molar-refractivity contribution in [2.75, 3.05) is 6.54 Å². The number of hydrogen-bond donors (Lipinski definition) is 2. The Kier molecular flexibility index (Phi) is 4.17. The van der Waals surface area contributed by atoms with E-state index in [2.05, 4.69) is 5.32 Å². The first-order chi connectivity index (χ1) is 7.79. The van der Waals surface area contributed by atoms with Crippen molar-refractivity contribution in [2.24, 2.45) is 0 Å². The number of aromatic carboxylic acids is 1. The molecule has 0 atom stereocenters. The Morgan fingerprint density at radius 3 is 2.65 bits per heavy atom. The van der Waals surface area contributed by atoms with Crippen molar-refractivity contribution in [2.45, 2.75) is 26.1 Å². The highest BCUT2D eigenvalue weighted by Crippen LogP contribution is 2.18. The molecular weight excluding hydrogens is 239 g/mol. The molecule has 0 spiro atoms. The number of carbonyl (C=O) groups is 1. The number of furan rings is 1. The summed E-state index contributed by atoms with van der Waals surface area (Å²) in [6.45, 7) is 1.33. The summed E-state index contributed by atoms with van der Waals surface area (Å²) in [5, 5.41) is 11.3. The van der Waals surface area contributed by atoms with Gasteiger partial charge in [-0.3, -0.25) is 0 Å². The first kappa shape index (κ1) is 13.6. The highest BCUT2D eigenvalue weighted by molar-refractivity contribution is 5.88. The van der Waals surface area contributed by atoms with Gasteiger partial charge in [-0.05, 0) is 13.0 Å². The molecule has 0 aromatic carbocycles. The third kappa shape index (κ3) is 4.48. The van der Waals surface area contributed by atoms with Gasteiger partial charge in [0, 0.05) is 6.54 Å². The lowest BCUT2D eigenvalue weighted by Gasteiger charge is -2.06. The molecule has 7 heteroatoms. The van der Waals surface area contributed by atoms with E-state index in [-0.39, 0.29) is 24.4 Å². The van der Waals surface area contributed by atoms with Crippen molar-refractivity contribution < 1.29 is 27.5 Å². The predicted molar refractivity (Wildman–Crippen MR) is 52.8 cm³/mol. The minimum Gasteiger partial charge on any atom is -0.478 e. The molecule has 1 rings (SSSR count). The standard InChI is InChI=1S/C10H12F3NO3/c1-6-8(9(15)16)4-7(17-6)5-14-3-2-10(11,12)13/h4,14H,2-3,5H2,1H3,(H,15,16). The first-order valence-electron chi connectivity index (χ1n) is 4.89. The SMILES string of the molecule is Cc1oc(CNCCC(F)(F)F)cc1C(=O)O. The van der Waals surface area contributed by atoms with Crippen LogP contribution in [-0.2, 0) is 6.54 Å². The largest absolute Gasteiger partial charge is 0.478 e. The molecule has 4 nitrogen and oxygen atoms in total. The van der Waals surface area contributed by atoms with Crippen LogP contribution in [0.1, 0.15) is 28.3 Å². The lowest BCUT2D eigenvalue weighted by atomic mass is 10.2. The second kappa shape index (κ2) is 5.22. The average molecular weight is 251 g/mol. The normalized spacial score (nSPS) is 11.8. The molecule has 0 saturated heterocycles. The molecule has 1 aromatic heterocycles. The van der Waals surface area contributed by atoms with Gasteiger partial charge < -0.3 is 14.8 Å². The van der Waals surface area contributed by atoms with Gasteiger partial charge in [-0.1, -0.05) is 0 Å².